The van der Waals surface area contributed by atoms with E-state index in [2.05, 4.69) is 20.3 Å². The summed E-state index contributed by atoms with van der Waals surface area (Å²) in [6.45, 7) is 0.417. The molecule has 0 fully saturated rings. The van der Waals surface area contributed by atoms with Crippen molar-refractivity contribution in [1.82, 2.24) is 24.8 Å². The average Bonchev–Trinajstić information content (AvgIpc) is 3.23. The Hall–Kier alpha value is -3.00. The van der Waals surface area contributed by atoms with Crippen molar-refractivity contribution in [2.24, 2.45) is 0 Å². The molecule has 7 nitrogen and oxygen atoms in total. The number of aromatic nitrogens is 5. The highest BCUT2D eigenvalue weighted by molar-refractivity contribution is 7.16. The van der Waals surface area contributed by atoms with Crippen LogP contribution in [0.3, 0.4) is 0 Å². The van der Waals surface area contributed by atoms with E-state index >= 15 is 0 Å². The molecule has 1 aliphatic rings. The highest BCUT2D eigenvalue weighted by atomic mass is 32.1. The van der Waals surface area contributed by atoms with Gasteiger partial charge in [-0.25, -0.2) is 0 Å². The fourth-order valence-corrected chi connectivity index (χ4v) is 3.41. The number of hydrogen-bond acceptors (Lipinski definition) is 7. The zero-order valence-corrected chi connectivity index (χ0v) is 13.2. The fraction of sp³-hybridized carbons (Fsp3) is 0.125. The Balaban J connectivity index is 1.52. The van der Waals surface area contributed by atoms with Crippen LogP contribution in [0, 0.1) is 0 Å². The quantitative estimate of drug-likeness (QED) is 0.560. The topological polar surface area (TPSA) is 74.4 Å². The summed E-state index contributed by atoms with van der Waals surface area (Å²) in [5, 5.41) is 13.8. The van der Waals surface area contributed by atoms with Crippen molar-refractivity contribution in [1.29, 1.82) is 0 Å². The number of benzene rings is 1. The number of nitrogens with zero attached hydrogens (tertiary/aromatic N) is 5. The standard InChI is InChI=1S/C16H11N5O2S/c1-2-7-12-11(6-1)22-9-13(23-12)15-20-21-14(18-19-16(21)24-15)10-5-3-4-8-17-10/h1-8,13H,9H2/t13-/m0/s1. The molecule has 0 saturated carbocycles. The predicted molar refractivity (Wildman–Crippen MR) is 87.2 cm³/mol. The zero-order valence-electron chi connectivity index (χ0n) is 12.4. The van der Waals surface area contributed by atoms with Crippen LogP contribution in [0.15, 0.2) is 48.7 Å². The second kappa shape index (κ2) is 5.27. The van der Waals surface area contributed by atoms with Crippen molar-refractivity contribution in [2.45, 2.75) is 6.10 Å². The molecule has 0 radical (unpaired) electrons. The van der Waals surface area contributed by atoms with Crippen LogP contribution in [0.1, 0.15) is 11.1 Å². The summed E-state index contributed by atoms with van der Waals surface area (Å²) in [6.07, 6.45) is 1.46. The van der Waals surface area contributed by atoms with Gasteiger partial charge >= 0.3 is 0 Å². The minimum Gasteiger partial charge on any atom is -0.485 e. The number of fused-ring (bicyclic) bond motifs is 2. The lowest BCUT2D eigenvalue weighted by Crippen LogP contribution is -2.21. The smallest absolute Gasteiger partial charge is 0.235 e. The largest absolute Gasteiger partial charge is 0.485 e. The molecule has 8 heteroatoms. The van der Waals surface area contributed by atoms with Crippen molar-refractivity contribution in [3.05, 3.63) is 53.7 Å². The van der Waals surface area contributed by atoms with Crippen LogP contribution in [0.25, 0.3) is 16.5 Å². The fourth-order valence-electron chi connectivity index (χ4n) is 2.56. The van der Waals surface area contributed by atoms with E-state index in [9.17, 15) is 0 Å². The molecule has 0 N–H and O–H groups in total. The summed E-state index contributed by atoms with van der Waals surface area (Å²) in [6, 6.07) is 13.3. The number of para-hydroxylation sites is 2. The van der Waals surface area contributed by atoms with E-state index in [0.717, 1.165) is 22.2 Å². The molecule has 118 valence electrons. The third kappa shape index (κ3) is 2.11. The molecule has 0 unspecified atom stereocenters. The molecule has 0 spiro atoms. The normalized spacial score (nSPS) is 16.4. The summed E-state index contributed by atoms with van der Waals surface area (Å²) in [7, 11) is 0. The van der Waals surface area contributed by atoms with E-state index < -0.39 is 0 Å². The van der Waals surface area contributed by atoms with Gasteiger partial charge in [-0.15, -0.1) is 10.2 Å². The first kappa shape index (κ1) is 13.4. The molecule has 24 heavy (non-hydrogen) atoms. The molecule has 3 aromatic heterocycles. The lowest BCUT2D eigenvalue weighted by Gasteiger charge is -2.24. The van der Waals surface area contributed by atoms with Crippen molar-refractivity contribution in [2.75, 3.05) is 6.61 Å². The van der Waals surface area contributed by atoms with Gasteiger partial charge in [0.2, 0.25) is 10.8 Å². The van der Waals surface area contributed by atoms with Crippen molar-refractivity contribution in [3.63, 3.8) is 0 Å². The zero-order chi connectivity index (χ0) is 15.9. The molecule has 0 bridgehead atoms. The number of ether oxygens (including phenoxy) is 2. The maximum Gasteiger partial charge on any atom is 0.235 e. The Labute approximate surface area is 140 Å². The maximum absolute atomic E-state index is 6.01. The lowest BCUT2D eigenvalue weighted by molar-refractivity contribution is 0.0904. The molecule has 4 aromatic rings. The molecular weight excluding hydrogens is 326 g/mol. The van der Waals surface area contributed by atoms with Gasteiger partial charge in [-0.2, -0.15) is 9.61 Å². The van der Waals surface area contributed by atoms with Crippen molar-refractivity contribution < 1.29 is 9.47 Å². The van der Waals surface area contributed by atoms with Crippen LogP contribution in [-0.4, -0.2) is 31.4 Å². The summed E-state index contributed by atoms with van der Waals surface area (Å²) < 4.78 is 13.5. The number of rotatable bonds is 2. The summed E-state index contributed by atoms with van der Waals surface area (Å²) in [5.74, 6) is 2.10. The van der Waals surface area contributed by atoms with Gasteiger partial charge in [0.1, 0.15) is 12.3 Å². The highest BCUT2D eigenvalue weighted by Crippen LogP contribution is 2.37. The molecule has 1 atom stereocenters. The maximum atomic E-state index is 6.01. The Morgan fingerprint density at radius 1 is 1.04 bits per heavy atom. The second-order valence-corrected chi connectivity index (χ2v) is 6.23. The minimum atomic E-state index is -0.261. The molecular formula is C16H11N5O2S. The van der Waals surface area contributed by atoms with Gasteiger partial charge in [0.25, 0.3) is 0 Å². The first-order valence-electron chi connectivity index (χ1n) is 7.40. The summed E-state index contributed by atoms with van der Waals surface area (Å²) in [5.41, 5.74) is 0.730. The Bertz CT molecular complexity index is 1010. The van der Waals surface area contributed by atoms with Gasteiger partial charge in [0, 0.05) is 6.20 Å². The molecule has 0 saturated heterocycles. The average molecular weight is 337 g/mol. The SMILES string of the molecule is c1ccc(-c2nnc3sc([C@@H]4COc5ccccc5O4)nn23)nc1. The van der Waals surface area contributed by atoms with Crippen LogP contribution < -0.4 is 9.47 Å². The van der Waals surface area contributed by atoms with Gasteiger partial charge in [-0.3, -0.25) is 4.98 Å². The van der Waals surface area contributed by atoms with Gasteiger partial charge in [0.15, 0.2) is 22.6 Å². The van der Waals surface area contributed by atoms with Crippen LogP contribution in [-0.2, 0) is 0 Å². The van der Waals surface area contributed by atoms with E-state index in [1.54, 1.807) is 10.7 Å². The Morgan fingerprint density at radius 2 is 1.92 bits per heavy atom. The van der Waals surface area contributed by atoms with Gasteiger partial charge in [0.05, 0.1) is 0 Å². The van der Waals surface area contributed by atoms with Crippen LogP contribution in [0.2, 0.25) is 0 Å². The van der Waals surface area contributed by atoms with Crippen LogP contribution >= 0.6 is 11.3 Å². The van der Waals surface area contributed by atoms with E-state index in [1.165, 1.54) is 11.3 Å². The molecule has 5 rings (SSSR count). The number of hydrogen-bond donors (Lipinski definition) is 0. The molecule has 1 aromatic carbocycles. The van der Waals surface area contributed by atoms with E-state index in [0.29, 0.717) is 17.4 Å². The Morgan fingerprint density at radius 3 is 2.79 bits per heavy atom. The third-order valence-corrected chi connectivity index (χ3v) is 4.68. The minimum absolute atomic E-state index is 0.261. The lowest BCUT2D eigenvalue weighted by atomic mass is 10.3. The van der Waals surface area contributed by atoms with Gasteiger partial charge in [-0.05, 0) is 24.3 Å². The van der Waals surface area contributed by atoms with Crippen molar-refractivity contribution >= 4 is 16.3 Å². The molecule has 4 heterocycles. The van der Waals surface area contributed by atoms with Crippen LogP contribution in [0.5, 0.6) is 11.5 Å². The highest BCUT2D eigenvalue weighted by Gasteiger charge is 2.27. The first-order valence-corrected chi connectivity index (χ1v) is 8.22. The Kier molecular flexibility index (Phi) is 2.95. The summed E-state index contributed by atoms with van der Waals surface area (Å²) >= 11 is 1.44. The first-order chi connectivity index (χ1) is 11.9. The third-order valence-electron chi connectivity index (χ3n) is 3.68. The predicted octanol–water partition coefficient (Wildman–Crippen LogP) is 2.76. The van der Waals surface area contributed by atoms with Gasteiger partial charge < -0.3 is 9.47 Å². The number of pyridine rings is 1. The molecule has 1 aliphatic heterocycles. The monoisotopic (exact) mass is 337 g/mol. The molecule has 0 amide bonds. The van der Waals surface area contributed by atoms with E-state index in [-0.39, 0.29) is 6.10 Å². The van der Waals surface area contributed by atoms with Gasteiger partial charge in [-0.1, -0.05) is 29.5 Å². The van der Waals surface area contributed by atoms with Crippen LogP contribution in [0.4, 0.5) is 0 Å². The second-order valence-electron chi connectivity index (χ2n) is 5.24. The summed E-state index contributed by atoms with van der Waals surface area (Å²) in [4.78, 5) is 5.01. The molecule has 0 aliphatic carbocycles. The van der Waals surface area contributed by atoms with E-state index in [4.69, 9.17) is 9.47 Å². The van der Waals surface area contributed by atoms with E-state index in [1.807, 2.05) is 42.5 Å². The van der Waals surface area contributed by atoms with Crippen molar-refractivity contribution in [3.8, 4) is 23.0 Å².